The van der Waals surface area contributed by atoms with Crippen molar-refractivity contribution in [2.75, 3.05) is 25.2 Å². The van der Waals surface area contributed by atoms with Gasteiger partial charge in [-0.1, -0.05) is 6.07 Å². The Morgan fingerprint density at radius 2 is 2.03 bits per heavy atom. The van der Waals surface area contributed by atoms with Gasteiger partial charge >= 0.3 is 5.97 Å². The number of nitrogens with zero attached hydrogens (tertiary/aromatic N) is 2. The summed E-state index contributed by atoms with van der Waals surface area (Å²) in [5.74, 6) is -1.15. The Morgan fingerprint density at radius 1 is 1.27 bits per heavy atom. The van der Waals surface area contributed by atoms with E-state index in [4.69, 9.17) is 0 Å². The average Bonchev–Trinajstić information content (AvgIpc) is 3.61. The molecule has 0 spiro atoms. The van der Waals surface area contributed by atoms with E-state index in [2.05, 4.69) is 26.4 Å². The van der Waals surface area contributed by atoms with Crippen LogP contribution in [-0.2, 0) is 9.53 Å². The molecule has 30 heavy (non-hydrogen) atoms. The van der Waals surface area contributed by atoms with Crippen molar-refractivity contribution in [2.45, 2.75) is 23.8 Å². The van der Waals surface area contributed by atoms with E-state index in [9.17, 15) is 19.6 Å². The van der Waals surface area contributed by atoms with E-state index in [1.54, 1.807) is 24.3 Å². The molecule has 1 heterocycles. The first kappa shape index (κ1) is 21.3. The van der Waals surface area contributed by atoms with Gasteiger partial charge in [-0.05, 0) is 43.4 Å². The molecule has 0 radical (unpaired) electrons. The molecule has 1 aliphatic carbocycles. The molecule has 0 bridgehead atoms. The maximum Gasteiger partial charge on any atom is 0.325 e. The number of ether oxygens (including phenoxy) is 1. The van der Waals surface area contributed by atoms with Crippen LogP contribution < -0.4 is 10.6 Å². The van der Waals surface area contributed by atoms with E-state index in [1.165, 1.54) is 24.9 Å². The molecule has 1 fully saturated rings. The van der Waals surface area contributed by atoms with Crippen LogP contribution in [0.15, 0.2) is 35.4 Å². The number of nitrogens with one attached hydrogen (secondary N) is 2. The predicted molar refractivity (Wildman–Crippen MR) is 111 cm³/mol. The van der Waals surface area contributed by atoms with Gasteiger partial charge in [-0.3, -0.25) is 14.4 Å². The first-order chi connectivity index (χ1) is 14.5. The number of hydrogen-bond donors (Lipinski definition) is 2. The number of aromatic nitrogens is 1. The third-order valence-corrected chi connectivity index (χ3v) is 5.24. The lowest BCUT2D eigenvalue weighted by atomic mass is 10.1. The second-order valence-electron chi connectivity index (χ2n) is 6.66. The maximum atomic E-state index is 12.9. The molecule has 0 unspecified atom stereocenters. The zero-order chi connectivity index (χ0) is 21.7. The van der Waals surface area contributed by atoms with Crippen molar-refractivity contribution in [3.8, 4) is 6.07 Å². The first-order valence-electron chi connectivity index (χ1n) is 9.22. The lowest BCUT2D eigenvalue weighted by molar-refractivity contribution is -0.139. The van der Waals surface area contributed by atoms with E-state index in [1.807, 2.05) is 6.26 Å². The number of pyridine rings is 1. The van der Waals surface area contributed by atoms with E-state index in [0.717, 1.165) is 18.5 Å². The summed E-state index contributed by atoms with van der Waals surface area (Å²) >= 11 is 1.33. The van der Waals surface area contributed by atoms with Crippen molar-refractivity contribution in [1.29, 1.82) is 5.26 Å². The summed E-state index contributed by atoms with van der Waals surface area (Å²) in [5, 5.41) is 15.3. The summed E-state index contributed by atoms with van der Waals surface area (Å²) < 4.78 is 4.49. The molecule has 1 aromatic carbocycles. The van der Waals surface area contributed by atoms with Gasteiger partial charge < -0.3 is 15.4 Å². The number of carbonyl (C=O) groups is 3. The number of methoxy groups -OCH3 is 1. The zero-order valence-corrected chi connectivity index (χ0v) is 17.3. The SMILES string of the molecule is COC(=O)CNC(=O)c1cccc(NC(=O)c2cc(C3CC3)nc(SC)c2C#N)c1. The van der Waals surface area contributed by atoms with Crippen molar-refractivity contribution in [3.63, 3.8) is 0 Å². The third kappa shape index (κ3) is 4.96. The summed E-state index contributed by atoms with van der Waals surface area (Å²) in [4.78, 5) is 40.8. The fraction of sp³-hybridized carbons (Fsp3) is 0.286. The predicted octanol–water partition coefficient (Wildman–Crippen LogP) is 2.71. The van der Waals surface area contributed by atoms with Gasteiger partial charge in [0.1, 0.15) is 17.6 Å². The topological polar surface area (TPSA) is 121 Å². The van der Waals surface area contributed by atoms with Gasteiger partial charge in [-0.15, -0.1) is 11.8 Å². The molecule has 0 atom stereocenters. The molecule has 154 valence electrons. The van der Waals surface area contributed by atoms with Crippen LogP contribution in [0.1, 0.15) is 50.7 Å². The minimum atomic E-state index is -0.564. The van der Waals surface area contributed by atoms with Crippen molar-refractivity contribution in [3.05, 3.63) is 52.7 Å². The van der Waals surface area contributed by atoms with Crippen LogP contribution in [-0.4, -0.2) is 42.7 Å². The first-order valence-corrected chi connectivity index (χ1v) is 10.4. The Hall–Kier alpha value is -3.38. The molecule has 8 nitrogen and oxygen atoms in total. The van der Waals surface area contributed by atoms with Gasteiger partial charge in [-0.2, -0.15) is 5.26 Å². The molecule has 0 saturated heterocycles. The fourth-order valence-corrected chi connectivity index (χ4v) is 3.38. The summed E-state index contributed by atoms with van der Waals surface area (Å²) in [5.41, 5.74) is 1.98. The van der Waals surface area contributed by atoms with E-state index in [-0.39, 0.29) is 23.2 Å². The van der Waals surface area contributed by atoms with Crippen LogP contribution in [0.3, 0.4) is 0 Å². The Balaban J connectivity index is 1.81. The highest BCUT2D eigenvalue weighted by Gasteiger charge is 2.28. The highest BCUT2D eigenvalue weighted by molar-refractivity contribution is 7.98. The number of esters is 1. The number of benzene rings is 1. The quantitative estimate of drug-likeness (QED) is 0.518. The molecular formula is C21H20N4O4S. The van der Waals surface area contributed by atoms with Crippen LogP contribution in [0.25, 0.3) is 0 Å². The Morgan fingerprint density at radius 3 is 2.67 bits per heavy atom. The second kappa shape index (κ2) is 9.41. The largest absolute Gasteiger partial charge is 0.468 e. The molecule has 2 N–H and O–H groups in total. The number of carbonyl (C=O) groups excluding carboxylic acids is 3. The normalized spacial score (nSPS) is 12.6. The number of anilines is 1. The summed E-state index contributed by atoms with van der Waals surface area (Å²) in [6.45, 7) is -0.254. The average molecular weight is 424 g/mol. The van der Waals surface area contributed by atoms with Gasteiger partial charge in [0.25, 0.3) is 11.8 Å². The number of nitriles is 1. The highest BCUT2D eigenvalue weighted by atomic mass is 32.2. The summed E-state index contributed by atoms with van der Waals surface area (Å²) in [6, 6.07) is 10.1. The van der Waals surface area contributed by atoms with Gasteiger partial charge in [0.15, 0.2) is 0 Å². The Kier molecular flexibility index (Phi) is 6.69. The molecule has 2 amide bonds. The van der Waals surface area contributed by atoms with E-state index >= 15 is 0 Å². The minimum Gasteiger partial charge on any atom is -0.468 e. The van der Waals surface area contributed by atoms with Gasteiger partial charge in [-0.25, -0.2) is 4.98 Å². The van der Waals surface area contributed by atoms with E-state index in [0.29, 0.717) is 16.6 Å². The van der Waals surface area contributed by atoms with Crippen LogP contribution in [0.5, 0.6) is 0 Å². The van der Waals surface area contributed by atoms with Gasteiger partial charge in [0, 0.05) is 22.9 Å². The number of amides is 2. The number of hydrogen-bond acceptors (Lipinski definition) is 7. The molecule has 0 aliphatic heterocycles. The van der Waals surface area contributed by atoms with Crippen LogP contribution in [0, 0.1) is 11.3 Å². The third-order valence-electron chi connectivity index (χ3n) is 4.56. The summed E-state index contributed by atoms with van der Waals surface area (Å²) in [6.07, 6.45) is 3.87. The fourth-order valence-electron chi connectivity index (χ4n) is 2.83. The zero-order valence-electron chi connectivity index (χ0n) is 16.5. The van der Waals surface area contributed by atoms with Crippen molar-refractivity contribution in [1.82, 2.24) is 10.3 Å². The van der Waals surface area contributed by atoms with Crippen LogP contribution in [0.2, 0.25) is 0 Å². The molecular weight excluding hydrogens is 404 g/mol. The van der Waals surface area contributed by atoms with Gasteiger partial charge in [0.2, 0.25) is 0 Å². The summed E-state index contributed by atoms with van der Waals surface area (Å²) in [7, 11) is 1.23. The van der Waals surface area contributed by atoms with Gasteiger partial charge in [0.05, 0.1) is 18.2 Å². The molecule has 1 aliphatic rings. The van der Waals surface area contributed by atoms with Crippen molar-refractivity contribution < 1.29 is 19.1 Å². The van der Waals surface area contributed by atoms with Crippen molar-refractivity contribution >= 4 is 35.2 Å². The lowest BCUT2D eigenvalue weighted by Gasteiger charge is -2.12. The molecule has 1 aromatic heterocycles. The lowest BCUT2D eigenvalue weighted by Crippen LogP contribution is -2.30. The highest BCUT2D eigenvalue weighted by Crippen LogP contribution is 2.40. The maximum absolute atomic E-state index is 12.9. The smallest absolute Gasteiger partial charge is 0.325 e. The van der Waals surface area contributed by atoms with Crippen LogP contribution in [0.4, 0.5) is 5.69 Å². The minimum absolute atomic E-state index is 0.233. The van der Waals surface area contributed by atoms with Crippen molar-refractivity contribution in [2.24, 2.45) is 0 Å². The molecule has 2 aromatic rings. The molecule has 3 rings (SSSR count). The second-order valence-corrected chi connectivity index (χ2v) is 7.45. The Bertz CT molecular complexity index is 1040. The van der Waals surface area contributed by atoms with Crippen LogP contribution >= 0.6 is 11.8 Å². The standard InChI is InChI=1S/C21H20N4O4S/c1-29-18(26)11-23-19(27)13-4-3-5-14(8-13)24-20(28)15-9-17(12-6-7-12)25-21(30-2)16(15)10-22/h3-5,8-9,12H,6-7,11H2,1-2H3,(H,23,27)(H,24,28). The Labute approximate surface area is 178 Å². The number of thioether (sulfide) groups is 1. The monoisotopic (exact) mass is 424 g/mol. The van der Waals surface area contributed by atoms with E-state index < -0.39 is 17.8 Å². The molecule has 1 saturated carbocycles. The molecule has 9 heteroatoms. The number of rotatable bonds is 7.